The fraction of sp³-hybridized carbons (Fsp3) is 0.615. The molecule has 0 bridgehead atoms. The van der Waals surface area contributed by atoms with Crippen LogP contribution in [0.25, 0.3) is 0 Å². The van der Waals surface area contributed by atoms with Crippen LogP contribution in [-0.2, 0) is 16.0 Å². The van der Waals surface area contributed by atoms with E-state index in [4.69, 9.17) is 18.9 Å². The lowest BCUT2D eigenvalue weighted by Crippen LogP contribution is -2.21. The molecule has 0 atom stereocenters. The van der Waals surface area contributed by atoms with Crippen molar-refractivity contribution >= 4 is 0 Å². The number of pyridine rings is 1. The summed E-state index contributed by atoms with van der Waals surface area (Å²) in [5, 5.41) is 3.24. The van der Waals surface area contributed by atoms with Gasteiger partial charge in [0.15, 0.2) is 11.5 Å². The van der Waals surface area contributed by atoms with Crippen LogP contribution in [0.3, 0.4) is 0 Å². The van der Waals surface area contributed by atoms with E-state index in [1.165, 1.54) is 0 Å². The molecular formula is C13H22N2O4. The molecule has 1 N–H and O–H groups in total. The van der Waals surface area contributed by atoms with Gasteiger partial charge in [0.05, 0.1) is 39.7 Å². The second kappa shape index (κ2) is 9.55. The number of hydrogen-bond donors (Lipinski definition) is 1. The van der Waals surface area contributed by atoms with E-state index in [0.29, 0.717) is 37.9 Å². The van der Waals surface area contributed by atoms with Crippen molar-refractivity contribution in [3.63, 3.8) is 0 Å². The molecule has 1 heterocycles. The number of rotatable bonds is 10. The highest BCUT2D eigenvalue weighted by Gasteiger charge is 2.10. The van der Waals surface area contributed by atoms with Crippen molar-refractivity contribution in [2.45, 2.75) is 6.54 Å². The molecule has 0 saturated heterocycles. The maximum Gasteiger partial charge on any atom is 0.183 e. The van der Waals surface area contributed by atoms with Gasteiger partial charge < -0.3 is 24.3 Å². The van der Waals surface area contributed by atoms with E-state index in [0.717, 1.165) is 12.2 Å². The van der Waals surface area contributed by atoms with Gasteiger partial charge in [-0.2, -0.15) is 0 Å². The Bertz CT molecular complexity index is 360. The van der Waals surface area contributed by atoms with Crippen LogP contribution >= 0.6 is 0 Å². The molecule has 1 aromatic rings. The second-order valence-electron chi connectivity index (χ2n) is 3.78. The van der Waals surface area contributed by atoms with Gasteiger partial charge in [0, 0.05) is 32.5 Å². The zero-order chi connectivity index (χ0) is 13.9. The van der Waals surface area contributed by atoms with Gasteiger partial charge in [-0.3, -0.25) is 4.98 Å². The summed E-state index contributed by atoms with van der Waals surface area (Å²) < 4.78 is 20.8. The molecular weight excluding hydrogens is 248 g/mol. The Hall–Kier alpha value is -1.37. The van der Waals surface area contributed by atoms with Crippen LogP contribution in [0.15, 0.2) is 12.3 Å². The van der Waals surface area contributed by atoms with Gasteiger partial charge in [-0.25, -0.2) is 0 Å². The van der Waals surface area contributed by atoms with Crippen molar-refractivity contribution in [2.75, 3.05) is 47.7 Å². The number of nitrogens with zero attached hydrogens (tertiary/aromatic N) is 1. The molecule has 0 aromatic carbocycles. The van der Waals surface area contributed by atoms with Gasteiger partial charge in [-0.15, -0.1) is 0 Å². The largest absolute Gasteiger partial charge is 0.493 e. The Labute approximate surface area is 114 Å². The molecule has 0 aliphatic rings. The number of methoxy groups -OCH3 is 3. The summed E-state index contributed by atoms with van der Waals surface area (Å²) in [6.45, 7) is 3.21. The van der Waals surface area contributed by atoms with Gasteiger partial charge in [0.1, 0.15) is 0 Å². The monoisotopic (exact) mass is 270 g/mol. The van der Waals surface area contributed by atoms with Crippen LogP contribution in [0.1, 0.15) is 5.69 Å². The lowest BCUT2D eigenvalue weighted by atomic mass is 10.3. The first-order valence-electron chi connectivity index (χ1n) is 6.16. The van der Waals surface area contributed by atoms with E-state index in [1.54, 1.807) is 33.6 Å². The highest BCUT2D eigenvalue weighted by atomic mass is 16.5. The lowest BCUT2D eigenvalue weighted by molar-refractivity contribution is 0.0718. The Kier molecular flexibility index (Phi) is 7.88. The quantitative estimate of drug-likeness (QED) is 0.636. The first-order valence-corrected chi connectivity index (χ1v) is 6.16. The average Bonchev–Trinajstić information content (AvgIpc) is 2.45. The van der Waals surface area contributed by atoms with Crippen LogP contribution < -0.4 is 14.8 Å². The summed E-state index contributed by atoms with van der Waals surface area (Å²) in [4.78, 5) is 4.28. The van der Waals surface area contributed by atoms with Crippen LogP contribution in [0.5, 0.6) is 11.5 Å². The smallest absolute Gasteiger partial charge is 0.183 e. The molecule has 0 aliphatic carbocycles. The average molecular weight is 270 g/mol. The number of hydrogen-bond acceptors (Lipinski definition) is 6. The minimum atomic E-state index is 0.605. The molecule has 0 saturated carbocycles. The van der Waals surface area contributed by atoms with E-state index in [1.807, 2.05) is 0 Å². The molecule has 1 rings (SSSR count). The van der Waals surface area contributed by atoms with Gasteiger partial charge in [-0.1, -0.05) is 0 Å². The summed E-state index contributed by atoms with van der Waals surface area (Å²) in [7, 11) is 4.87. The van der Waals surface area contributed by atoms with Crippen molar-refractivity contribution in [3.05, 3.63) is 18.0 Å². The maximum atomic E-state index is 5.35. The van der Waals surface area contributed by atoms with Crippen molar-refractivity contribution in [3.8, 4) is 11.5 Å². The third-order valence-corrected chi connectivity index (χ3v) is 2.51. The van der Waals surface area contributed by atoms with E-state index < -0.39 is 0 Å². The Balaban J connectivity index is 2.33. The van der Waals surface area contributed by atoms with E-state index >= 15 is 0 Å². The molecule has 0 fully saturated rings. The highest BCUT2D eigenvalue weighted by molar-refractivity contribution is 5.42. The van der Waals surface area contributed by atoms with Crippen molar-refractivity contribution in [1.29, 1.82) is 0 Å². The zero-order valence-electron chi connectivity index (χ0n) is 11.8. The minimum absolute atomic E-state index is 0.605. The van der Waals surface area contributed by atoms with Gasteiger partial charge in [-0.05, 0) is 0 Å². The van der Waals surface area contributed by atoms with Crippen LogP contribution in [0.4, 0.5) is 0 Å². The normalized spacial score (nSPS) is 10.5. The van der Waals surface area contributed by atoms with Crippen LogP contribution in [-0.4, -0.2) is 52.7 Å². The predicted molar refractivity (Wildman–Crippen MR) is 71.7 cm³/mol. The standard InChI is InChI=1S/C13H22N2O4/c1-16-8-9-19-7-6-14-10-11-13(18-3)12(17-2)4-5-15-11/h4-5,14H,6-10H2,1-3H3. The summed E-state index contributed by atoms with van der Waals surface area (Å²) >= 11 is 0. The first-order chi connectivity index (χ1) is 9.33. The molecule has 0 unspecified atom stereocenters. The van der Waals surface area contributed by atoms with Crippen LogP contribution in [0.2, 0.25) is 0 Å². The van der Waals surface area contributed by atoms with Gasteiger partial charge >= 0.3 is 0 Å². The van der Waals surface area contributed by atoms with E-state index in [-0.39, 0.29) is 0 Å². The molecule has 0 aliphatic heterocycles. The molecule has 0 radical (unpaired) electrons. The molecule has 6 nitrogen and oxygen atoms in total. The Morgan fingerprint density at radius 3 is 2.63 bits per heavy atom. The third-order valence-electron chi connectivity index (χ3n) is 2.51. The number of ether oxygens (including phenoxy) is 4. The summed E-state index contributed by atoms with van der Waals surface area (Å²) in [5.74, 6) is 1.35. The molecule has 1 aromatic heterocycles. The fourth-order valence-corrected chi connectivity index (χ4v) is 1.57. The molecule has 0 amide bonds. The Morgan fingerprint density at radius 2 is 1.95 bits per heavy atom. The first kappa shape index (κ1) is 15.7. The number of nitrogens with one attached hydrogen (secondary N) is 1. The molecule has 6 heteroatoms. The van der Waals surface area contributed by atoms with Crippen molar-refractivity contribution < 1.29 is 18.9 Å². The molecule has 0 spiro atoms. The maximum absolute atomic E-state index is 5.35. The predicted octanol–water partition coefficient (Wildman–Crippen LogP) is 0.851. The number of aromatic nitrogens is 1. The lowest BCUT2D eigenvalue weighted by Gasteiger charge is -2.12. The van der Waals surface area contributed by atoms with E-state index in [9.17, 15) is 0 Å². The third kappa shape index (κ3) is 5.42. The zero-order valence-corrected chi connectivity index (χ0v) is 11.8. The highest BCUT2D eigenvalue weighted by Crippen LogP contribution is 2.28. The minimum Gasteiger partial charge on any atom is -0.493 e. The molecule has 108 valence electrons. The van der Waals surface area contributed by atoms with Crippen molar-refractivity contribution in [2.24, 2.45) is 0 Å². The fourth-order valence-electron chi connectivity index (χ4n) is 1.57. The topological polar surface area (TPSA) is 61.8 Å². The van der Waals surface area contributed by atoms with Crippen LogP contribution in [0, 0.1) is 0 Å². The summed E-state index contributed by atoms with van der Waals surface area (Å²) in [5.41, 5.74) is 0.818. The van der Waals surface area contributed by atoms with Gasteiger partial charge in [0.2, 0.25) is 0 Å². The Morgan fingerprint density at radius 1 is 1.11 bits per heavy atom. The van der Waals surface area contributed by atoms with Gasteiger partial charge in [0.25, 0.3) is 0 Å². The summed E-state index contributed by atoms with van der Waals surface area (Å²) in [6.07, 6.45) is 1.70. The summed E-state index contributed by atoms with van der Waals surface area (Å²) in [6, 6.07) is 1.77. The second-order valence-corrected chi connectivity index (χ2v) is 3.78. The van der Waals surface area contributed by atoms with Crippen molar-refractivity contribution in [1.82, 2.24) is 10.3 Å². The van der Waals surface area contributed by atoms with E-state index in [2.05, 4.69) is 10.3 Å². The SMILES string of the molecule is COCCOCCNCc1nccc(OC)c1OC. The molecule has 19 heavy (non-hydrogen) atoms.